The minimum absolute atomic E-state index is 0.0121. The van der Waals surface area contributed by atoms with Crippen molar-refractivity contribution < 1.29 is 4.74 Å². The van der Waals surface area contributed by atoms with E-state index in [9.17, 15) is 0 Å². The van der Waals surface area contributed by atoms with Crippen LogP contribution < -0.4 is 16.6 Å². The molecule has 1 aliphatic heterocycles. The average Bonchev–Trinajstić information content (AvgIpc) is 2.54. The third-order valence-electron chi connectivity index (χ3n) is 2.34. The Bertz CT molecular complexity index is 180. The van der Waals surface area contributed by atoms with Crippen molar-refractivity contribution in [1.29, 1.82) is 0 Å². The van der Waals surface area contributed by atoms with E-state index in [4.69, 9.17) is 22.8 Å². The fourth-order valence-corrected chi connectivity index (χ4v) is 1.94. The van der Waals surface area contributed by atoms with E-state index in [0.717, 1.165) is 32.5 Å². The molecule has 5 heteroatoms. The number of ether oxygens (including phenoxy) is 1. The van der Waals surface area contributed by atoms with Gasteiger partial charge in [-0.2, -0.15) is 0 Å². The van der Waals surface area contributed by atoms with Crippen LogP contribution in [-0.4, -0.2) is 23.9 Å². The fraction of sp³-hybridized carbons (Fsp3) is 0.875. The van der Waals surface area contributed by atoms with E-state index in [2.05, 4.69) is 17.7 Å². The summed E-state index contributed by atoms with van der Waals surface area (Å²) in [6.07, 6.45) is 3.18. The van der Waals surface area contributed by atoms with Gasteiger partial charge in [-0.05, 0) is 25.1 Å². The summed E-state index contributed by atoms with van der Waals surface area (Å²) in [7, 11) is 0. The van der Waals surface area contributed by atoms with E-state index in [1.165, 1.54) is 0 Å². The van der Waals surface area contributed by atoms with Crippen LogP contribution in [-0.2, 0) is 4.74 Å². The highest BCUT2D eigenvalue weighted by Gasteiger charge is 2.34. The molecule has 13 heavy (non-hydrogen) atoms. The monoisotopic (exact) mass is 203 g/mol. The zero-order valence-corrected chi connectivity index (χ0v) is 8.75. The maximum Gasteiger partial charge on any atom is 0.181 e. The molecule has 1 heterocycles. The SMILES string of the molecule is CCCC1(NC(=S)NN)CCOC1. The summed E-state index contributed by atoms with van der Waals surface area (Å²) >= 11 is 4.98. The highest BCUT2D eigenvalue weighted by atomic mass is 32.1. The van der Waals surface area contributed by atoms with Crippen molar-refractivity contribution >= 4 is 17.3 Å². The molecular weight excluding hydrogens is 186 g/mol. The van der Waals surface area contributed by atoms with Crippen molar-refractivity contribution in [3.8, 4) is 0 Å². The Labute approximate surface area is 84.2 Å². The Hall–Kier alpha value is -0.390. The summed E-state index contributed by atoms with van der Waals surface area (Å²) in [5, 5.41) is 3.71. The van der Waals surface area contributed by atoms with Crippen LogP contribution in [0.25, 0.3) is 0 Å². The molecule has 1 atom stereocenters. The molecule has 0 amide bonds. The summed E-state index contributed by atoms with van der Waals surface area (Å²) < 4.78 is 5.37. The molecule has 0 aromatic heterocycles. The van der Waals surface area contributed by atoms with Gasteiger partial charge in [0.1, 0.15) is 0 Å². The zero-order valence-electron chi connectivity index (χ0n) is 7.93. The van der Waals surface area contributed by atoms with E-state index in [0.29, 0.717) is 5.11 Å². The van der Waals surface area contributed by atoms with Gasteiger partial charge in [-0.1, -0.05) is 13.3 Å². The second-order valence-corrected chi connectivity index (χ2v) is 3.84. The van der Waals surface area contributed by atoms with Gasteiger partial charge in [0.2, 0.25) is 0 Å². The third-order valence-corrected chi connectivity index (χ3v) is 2.56. The van der Waals surface area contributed by atoms with Crippen molar-refractivity contribution in [2.24, 2.45) is 5.84 Å². The van der Waals surface area contributed by atoms with Gasteiger partial charge in [0.25, 0.3) is 0 Å². The smallest absolute Gasteiger partial charge is 0.181 e. The average molecular weight is 203 g/mol. The van der Waals surface area contributed by atoms with E-state index in [1.54, 1.807) is 0 Å². The molecule has 0 spiro atoms. The third kappa shape index (κ3) is 2.79. The van der Waals surface area contributed by atoms with Crippen molar-refractivity contribution in [1.82, 2.24) is 10.7 Å². The molecule has 1 saturated heterocycles. The Morgan fingerprint density at radius 1 is 1.69 bits per heavy atom. The summed E-state index contributed by atoms with van der Waals surface area (Å²) in [6, 6.07) is 0. The number of rotatable bonds is 3. The van der Waals surface area contributed by atoms with Gasteiger partial charge in [0.15, 0.2) is 5.11 Å². The van der Waals surface area contributed by atoms with E-state index < -0.39 is 0 Å². The first kappa shape index (κ1) is 10.7. The summed E-state index contributed by atoms with van der Waals surface area (Å²) in [4.78, 5) is 0. The normalized spacial score (nSPS) is 27.2. The molecule has 1 fully saturated rings. The van der Waals surface area contributed by atoms with Crippen molar-refractivity contribution in [3.05, 3.63) is 0 Å². The fourth-order valence-electron chi connectivity index (χ4n) is 1.72. The van der Waals surface area contributed by atoms with Crippen molar-refractivity contribution in [3.63, 3.8) is 0 Å². The largest absolute Gasteiger partial charge is 0.379 e. The number of hydrogen-bond donors (Lipinski definition) is 3. The Balaban J connectivity index is 2.51. The summed E-state index contributed by atoms with van der Waals surface area (Å²) in [6.45, 7) is 3.68. The number of hydrazine groups is 1. The Kier molecular flexibility index (Phi) is 3.90. The highest BCUT2D eigenvalue weighted by molar-refractivity contribution is 7.80. The van der Waals surface area contributed by atoms with Crippen molar-refractivity contribution in [2.45, 2.75) is 31.7 Å². The minimum Gasteiger partial charge on any atom is -0.379 e. The first-order chi connectivity index (χ1) is 6.22. The molecule has 1 aliphatic rings. The molecule has 1 unspecified atom stereocenters. The molecule has 0 saturated carbocycles. The second kappa shape index (κ2) is 4.74. The standard InChI is InChI=1S/C8H17N3OS/c1-2-3-8(4-5-12-6-8)10-7(13)11-9/h2-6,9H2,1H3,(H2,10,11,13). The predicted molar refractivity (Wildman–Crippen MR) is 56.1 cm³/mol. The molecule has 4 nitrogen and oxygen atoms in total. The lowest BCUT2D eigenvalue weighted by atomic mass is 9.93. The van der Waals surface area contributed by atoms with Crippen LogP contribution in [0.1, 0.15) is 26.2 Å². The summed E-state index contributed by atoms with van der Waals surface area (Å²) in [5.74, 6) is 5.21. The molecule has 0 aromatic rings. The maximum absolute atomic E-state index is 5.37. The topological polar surface area (TPSA) is 59.3 Å². The quantitative estimate of drug-likeness (QED) is 0.349. The summed E-state index contributed by atoms with van der Waals surface area (Å²) in [5.41, 5.74) is 2.45. The molecule has 0 radical (unpaired) electrons. The van der Waals surface area contributed by atoms with Gasteiger partial charge in [0, 0.05) is 6.61 Å². The van der Waals surface area contributed by atoms with Gasteiger partial charge in [0.05, 0.1) is 12.1 Å². The lowest BCUT2D eigenvalue weighted by molar-refractivity contribution is 0.169. The zero-order chi connectivity index (χ0) is 9.73. The van der Waals surface area contributed by atoms with Crippen LogP contribution in [0, 0.1) is 0 Å². The molecule has 76 valence electrons. The molecule has 0 aromatic carbocycles. The van der Waals surface area contributed by atoms with Crippen LogP contribution in [0.3, 0.4) is 0 Å². The Morgan fingerprint density at radius 3 is 2.92 bits per heavy atom. The Morgan fingerprint density at radius 2 is 2.46 bits per heavy atom. The number of nitrogens with two attached hydrogens (primary N) is 1. The van der Waals surface area contributed by atoms with E-state index in [1.807, 2.05) is 0 Å². The van der Waals surface area contributed by atoms with Crippen LogP contribution in [0.15, 0.2) is 0 Å². The van der Waals surface area contributed by atoms with Crippen molar-refractivity contribution in [2.75, 3.05) is 13.2 Å². The van der Waals surface area contributed by atoms with Gasteiger partial charge >= 0.3 is 0 Å². The highest BCUT2D eigenvalue weighted by Crippen LogP contribution is 2.23. The van der Waals surface area contributed by atoms with Crippen LogP contribution in [0.4, 0.5) is 0 Å². The number of nitrogens with one attached hydrogen (secondary N) is 2. The lowest BCUT2D eigenvalue weighted by Gasteiger charge is -2.29. The first-order valence-corrected chi connectivity index (χ1v) is 5.00. The molecule has 4 N–H and O–H groups in total. The van der Waals surface area contributed by atoms with Crippen LogP contribution >= 0.6 is 12.2 Å². The molecular formula is C8H17N3OS. The molecule has 1 rings (SSSR count). The first-order valence-electron chi connectivity index (χ1n) is 4.59. The molecule has 0 aliphatic carbocycles. The van der Waals surface area contributed by atoms with Gasteiger partial charge in [-0.25, -0.2) is 5.84 Å². The van der Waals surface area contributed by atoms with Crippen LogP contribution in [0.2, 0.25) is 0 Å². The van der Waals surface area contributed by atoms with Gasteiger partial charge < -0.3 is 15.5 Å². The van der Waals surface area contributed by atoms with E-state index in [-0.39, 0.29) is 5.54 Å². The van der Waals surface area contributed by atoms with Gasteiger partial charge in [-0.15, -0.1) is 0 Å². The maximum atomic E-state index is 5.37. The van der Waals surface area contributed by atoms with E-state index >= 15 is 0 Å². The van der Waals surface area contributed by atoms with Gasteiger partial charge in [-0.3, -0.25) is 0 Å². The molecule has 0 bridgehead atoms. The number of thiocarbonyl (C=S) groups is 1. The minimum atomic E-state index is 0.0121. The lowest BCUT2D eigenvalue weighted by Crippen LogP contribution is -2.54. The van der Waals surface area contributed by atoms with Crippen LogP contribution in [0.5, 0.6) is 0 Å². The second-order valence-electron chi connectivity index (χ2n) is 3.43. The number of hydrogen-bond acceptors (Lipinski definition) is 3. The predicted octanol–water partition coefficient (Wildman–Crippen LogP) is 0.283.